The fourth-order valence-corrected chi connectivity index (χ4v) is 4.96. The third kappa shape index (κ3) is 3.24. The number of nitrogens with one attached hydrogen (secondary N) is 1. The first-order chi connectivity index (χ1) is 10.9. The lowest BCUT2D eigenvalue weighted by molar-refractivity contribution is -0.143. The van der Waals surface area contributed by atoms with Gasteiger partial charge in [0, 0.05) is 11.6 Å². The Kier molecular flexibility index (Phi) is 4.14. The number of benzene rings is 1. The molecule has 0 spiro atoms. The molecule has 0 radical (unpaired) electrons. The average Bonchev–Trinajstić information content (AvgIpc) is 2.82. The molecule has 23 heavy (non-hydrogen) atoms. The van der Waals surface area contributed by atoms with Crippen LogP contribution in [0.1, 0.15) is 31.2 Å². The molecule has 1 saturated carbocycles. The van der Waals surface area contributed by atoms with Crippen molar-refractivity contribution < 1.29 is 23.1 Å². The smallest absolute Gasteiger partial charge is 0.306 e. The quantitative estimate of drug-likeness (QED) is 0.876. The number of fused-ring (bicyclic) bond motifs is 1. The Morgan fingerprint density at radius 3 is 2.65 bits per heavy atom. The number of hydrogen-bond acceptors (Lipinski definition) is 4. The van der Waals surface area contributed by atoms with E-state index in [9.17, 15) is 18.0 Å². The van der Waals surface area contributed by atoms with Gasteiger partial charge in [0.2, 0.25) is 5.91 Å². The van der Waals surface area contributed by atoms with E-state index >= 15 is 0 Å². The third-order valence-corrected chi connectivity index (χ3v) is 6.50. The first-order valence-electron chi connectivity index (χ1n) is 7.76. The average molecular weight is 337 g/mol. The summed E-state index contributed by atoms with van der Waals surface area (Å²) < 4.78 is 23.9. The minimum atomic E-state index is -3.24. The molecule has 2 atom stereocenters. The predicted octanol–water partition coefficient (Wildman–Crippen LogP) is 1.85. The van der Waals surface area contributed by atoms with Crippen LogP contribution in [0.15, 0.2) is 23.1 Å². The largest absolute Gasteiger partial charge is 0.481 e. The zero-order valence-electron chi connectivity index (χ0n) is 12.6. The molecule has 1 aliphatic carbocycles. The van der Waals surface area contributed by atoms with Gasteiger partial charge in [-0.3, -0.25) is 9.59 Å². The van der Waals surface area contributed by atoms with E-state index in [1.54, 1.807) is 12.1 Å². The van der Waals surface area contributed by atoms with Crippen molar-refractivity contribution in [2.24, 2.45) is 11.8 Å². The van der Waals surface area contributed by atoms with Crippen molar-refractivity contribution in [1.82, 2.24) is 0 Å². The Hall–Kier alpha value is -1.89. The summed E-state index contributed by atoms with van der Waals surface area (Å²) >= 11 is 0. The van der Waals surface area contributed by atoms with Gasteiger partial charge in [-0.2, -0.15) is 0 Å². The number of aryl methyl sites for hydroxylation is 1. The zero-order valence-corrected chi connectivity index (χ0v) is 13.4. The summed E-state index contributed by atoms with van der Waals surface area (Å²) in [4.78, 5) is 23.7. The SMILES string of the molecule is O=C(O)C1CCCC(C(=O)Nc2ccc3c(c2)S(=O)(=O)CC3)C1. The number of carbonyl (C=O) groups excluding carboxylic acids is 1. The molecule has 0 aromatic heterocycles. The van der Waals surface area contributed by atoms with E-state index in [2.05, 4.69) is 5.32 Å². The molecule has 1 aliphatic heterocycles. The monoisotopic (exact) mass is 337 g/mol. The minimum absolute atomic E-state index is 0.114. The van der Waals surface area contributed by atoms with Gasteiger partial charge in [-0.05, 0) is 43.4 Å². The van der Waals surface area contributed by atoms with Gasteiger partial charge < -0.3 is 10.4 Å². The molecule has 2 aliphatic rings. The highest BCUT2D eigenvalue weighted by Gasteiger charge is 2.31. The molecule has 2 unspecified atom stereocenters. The van der Waals surface area contributed by atoms with Gasteiger partial charge in [0.25, 0.3) is 0 Å². The molecule has 1 aromatic carbocycles. The van der Waals surface area contributed by atoms with Crippen molar-refractivity contribution in [3.63, 3.8) is 0 Å². The second kappa shape index (κ2) is 5.96. The fourth-order valence-electron chi connectivity index (χ4n) is 3.38. The predicted molar refractivity (Wildman–Crippen MR) is 83.9 cm³/mol. The molecule has 1 fully saturated rings. The summed E-state index contributed by atoms with van der Waals surface area (Å²) in [6.07, 6.45) is 2.84. The fraction of sp³-hybridized carbons (Fsp3) is 0.500. The summed E-state index contributed by atoms with van der Waals surface area (Å²) in [5.74, 6) is -1.78. The van der Waals surface area contributed by atoms with E-state index in [-0.39, 0.29) is 17.6 Å². The number of carbonyl (C=O) groups is 2. The molecule has 0 saturated heterocycles. The number of rotatable bonds is 3. The van der Waals surface area contributed by atoms with E-state index in [4.69, 9.17) is 5.11 Å². The van der Waals surface area contributed by atoms with Crippen LogP contribution >= 0.6 is 0 Å². The highest BCUT2D eigenvalue weighted by Crippen LogP contribution is 2.32. The van der Waals surface area contributed by atoms with E-state index in [1.807, 2.05) is 0 Å². The van der Waals surface area contributed by atoms with Crippen LogP contribution in [-0.2, 0) is 25.8 Å². The normalized spacial score (nSPS) is 25.6. The van der Waals surface area contributed by atoms with Gasteiger partial charge in [0.1, 0.15) is 0 Å². The van der Waals surface area contributed by atoms with Crippen LogP contribution in [0.25, 0.3) is 0 Å². The van der Waals surface area contributed by atoms with Gasteiger partial charge in [-0.25, -0.2) is 8.42 Å². The molecule has 3 rings (SSSR count). The molecule has 2 N–H and O–H groups in total. The lowest BCUT2D eigenvalue weighted by Gasteiger charge is -2.25. The Morgan fingerprint density at radius 2 is 1.91 bits per heavy atom. The lowest BCUT2D eigenvalue weighted by atomic mass is 9.81. The maximum Gasteiger partial charge on any atom is 0.306 e. The third-order valence-electron chi connectivity index (χ3n) is 4.70. The van der Waals surface area contributed by atoms with Gasteiger partial charge in [0.05, 0.1) is 16.6 Å². The van der Waals surface area contributed by atoms with Gasteiger partial charge in [0.15, 0.2) is 9.84 Å². The number of aliphatic carboxylic acids is 1. The standard InChI is InChI=1S/C16H19NO5S/c18-15(11-2-1-3-12(8-11)16(19)20)17-13-5-4-10-6-7-23(21,22)14(10)9-13/h4-5,9,11-12H,1-3,6-8H2,(H,17,18)(H,19,20). The summed E-state index contributed by atoms with van der Waals surface area (Å²) in [5.41, 5.74) is 1.24. The van der Waals surface area contributed by atoms with Crippen molar-refractivity contribution in [3.05, 3.63) is 23.8 Å². The highest BCUT2D eigenvalue weighted by molar-refractivity contribution is 7.91. The van der Waals surface area contributed by atoms with Crippen LogP contribution in [0, 0.1) is 11.8 Å². The van der Waals surface area contributed by atoms with Crippen LogP contribution in [0.4, 0.5) is 5.69 Å². The lowest BCUT2D eigenvalue weighted by Crippen LogP contribution is -2.30. The number of anilines is 1. The molecule has 124 valence electrons. The molecule has 6 nitrogen and oxygen atoms in total. The molecule has 7 heteroatoms. The molecule has 1 amide bonds. The van der Waals surface area contributed by atoms with Crippen molar-refractivity contribution >= 4 is 27.4 Å². The van der Waals surface area contributed by atoms with E-state index in [0.29, 0.717) is 42.7 Å². The number of amides is 1. The second-order valence-electron chi connectivity index (χ2n) is 6.28. The van der Waals surface area contributed by atoms with Crippen LogP contribution in [-0.4, -0.2) is 31.2 Å². The maximum atomic E-state index is 12.3. The molecule has 0 bridgehead atoms. The van der Waals surface area contributed by atoms with E-state index < -0.39 is 21.7 Å². The van der Waals surface area contributed by atoms with Crippen molar-refractivity contribution in [1.29, 1.82) is 0 Å². The number of carboxylic acids is 1. The second-order valence-corrected chi connectivity index (χ2v) is 8.36. The van der Waals surface area contributed by atoms with E-state index in [1.165, 1.54) is 6.07 Å². The molecular formula is C16H19NO5S. The first-order valence-corrected chi connectivity index (χ1v) is 9.41. The maximum absolute atomic E-state index is 12.3. The molecule has 1 heterocycles. The minimum Gasteiger partial charge on any atom is -0.481 e. The van der Waals surface area contributed by atoms with Gasteiger partial charge >= 0.3 is 5.97 Å². The van der Waals surface area contributed by atoms with Crippen LogP contribution in [0.2, 0.25) is 0 Å². The Morgan fingerprint density at radius 1 is 1.17 bits per heavy atom. The summed E-state index contributed by atoms with van der Waals surface area (Å²) in [7, 11) is -3.24. The number of carboxylic acid groups (broad SMARTS) is 1. The van der Waals surface area contributed by atoms with Crippen molar-refractivity contribution in [3.8, 4) is 0 Å². The molecular weight excluding hydrogens is 318 g/mol. The topological polar surface area (TPSA) is 101 Å². The Bertz CT molecular complexity index is 756. The van der Waals surface area contributed by atoms with Crippen molar-refractivity contribution in [2.45, 2.75) is 37.0 Å². The zero-order chi connectivity index (χ0) is 16.6. The van der Waals surface area contributed by atoms with Crippen molar-refractivity contribution in [2.75, 3.05) is 11.1 Å². The van der Waals surface area contributed by atoms with Gasteiger partial charge in [-0.15, -0.1) is 0 Å². The highest BCUT2D eigenvalue weighted by atomic mass is 32.2. The number of sulfone groups is 1. The Labute approximate surface area is 134 Å². The van der Waals surface area contributed by atoms with Crippen LogP contribution in [0.3, 0.4) is 0 Å². The summed E-state index contributed by atoms with van der Waals surface area (Å²) in [6, 6.07) is 4.94. The molecule has 1 aromatic rings. The Balaban J connectivity index is 1.73. The summed E-state index contributed by atoms with van der Waals surface area (Å²) in [5, 5.41) is 11.8. The first kappa shape index (κ1) is 16.0. The van der Waals surface area contributed by atoms with Crippen LogP contribution < -0.4 is 5.32 Å². The van der Waals surface area contributed by atoms with Crippen LogP contribution in [0.5, 0.6) is 0 Å². The van der Waals surface area contributed by atoms with Gasteiger partial charge in [-0.1, -0.05) is 12.5 Å². The van der Waals surface area contributed by atoms with E-state index in [0.717, 1.165) is 5.56 Å². The number of hydrogen-bond donors (Lipinski definition) is 2. The summed E-state index contributed by atoms with van der Waals surface area (Å²) in [6.45, 7) is 0.